The third-order valence-electron chi connectivity index (χ3n) is 4.37. The van der Waals surface area contributed by atoms with Crippen molar-refractivity contribution in [1.29, 1.82) is 0 Å². The Bertz CT molecular complexity index is 610. The summed E-state index contributed by atoms with van der Waals surface area (Å²) in [6.07, 6.45) is 4.71. The van der Waals surface area contributed by atoms with Crippen molar-refractivity contribution in [1.82, 2.24) is 5.32 Å². The van der Waals surface area contributed by atoms with Crippen LogP contribution >= 0.6 is 11.3 Å². The van der Waals surface area contributed by atoms with Crippen LogP contribution in [-0.4, -0.2) is 17.9 Å². The molecular formula is C17H21NOS. The van der Waals surface area contributed by atoms with E-state index in [-0.39, 0.29) is 5.54 Å². The van der Waals surface area contributed by atoms with Crippen LogP contribution in [-0.2, 0) is 11.2 Å². The standard InChI is InChI=1S/C17H21NOS/c1-2-8-17(9-5-10-18-17)16(19)11-13-12-20-15-7-4-3-6-14(13)15/h3-4,6-7,12,18H,2,5,8-11H2,1H3. The monoisotopic (exact) mass is 287 g/mol. The quantitative estimate of drug-likeness (QED) is 0.902. The number of carbonyl (C=O) groups excluding carboxylic acids is 1. The average molecular weight is 287 g/mol. The van der Waals surface area contributed by atoms with Gasteiger partial charge in [0.05, 0.1) is 5.54 Å². The SMILES string of the molecule is CCCC1(C(=O)Cc2csc3ccccc23)CCCN1. The van der Waals surface area contributed by atoms with E-state index < -0.39 is 0 Å². The van der Waals surface area contributed by atoms with E-state index >= 15 is 0 Å². The molecule has 0 radical (unpaired) electrons. The van der Waals surface area contributed by atoms with Gasteiger partial charge in [-0.25, -0.2) is 0 Å². The predicted molar refractivity (Wildman–Crippen MR) is 85.4 cm³/mol. The Hall–Kier alpha value is -1.19. The smallest absolute Gasteiger partial charge is 0.157 e. The molecule has 2 heterocycles. The van der Waals surface area contributed by atoms with Gasteiger partial charge in [-0.3, -0.25) is 4.79 Å². The Balaban J connectivity index is 1.84. The van der Waals surface area contributed by atoms with E-state index in [1.165, 1.54) is 15.6 Å². The van der Waals surface area contributed by atoms with Crippen molar-refractivity contribution < 1.29 is 4.79 Å². The van der Waals surface area contributed by atoms with Crippen LogP contribution in [0.25, 0.3) is 10.1 Å². The van der Waals surface area contributed by atoms with Gasteiger partial charge in [-0.05, 0) is 48.2 Å². The number of benzene rings is 1. The molecule has 1 unspecified atom stereocenters. The van der Waals surface area contributed by atoms with E-state index in [9.17, 15) is 4.79 Å². The van der Waals surface area contributed by atoms with E-state index in [0.29, 0.717) is 12.2 Å². The summed E-state index contributed by atoms with van der Waals surface area (Å²) in [5.74, 6) is 0.375. The third kappa shape index (κ3) is 2.40. The number of ketones is 1. The summed E-state index contributed by atoms with van der Waals surface area (Å²) in [4.78, 5) is 12.8. The number of carbonyl (C=O) groups is 1. The van der Waals surface area contributed by atoms with Crippen molar-refractivity contribution in [3.8, 4) is 0 Å². The van der Waals surface area contributed by atoms with E-state index in [1.807, 2.05) is 0 Å². The van der Waals surface area contributed by atoms with Crippen molar-refractivity contribution in [2.24, 2.45) is 0 Å². The Kier molecular flexibility index (Phi) is 3.90. The third-order valence-corrected chi connectivity index (χ3v) is 5.38. The largest absolute Gasteiger partial charge is 0.305 e. The molecule has 0 aliphatic carbocycles. The normalized spacial score (nSPS) is 22.4. The fourth-order valence-corrected chi connectivity index (χ4v) is 4.30. The van der Waals surface area contributed by atoms with Gasteiger partial charge in [-0.15, -0.1) is 11.3 Å². The first-order valence-electron chi connectivity index (χ1n) is 7.48. The van der Waals surface area contributed by atoms with Crippen LogP contribution in [0, 0.1) is 0 Å². The molecule has 2 aromatic rings. The maximum atomic E-state index is 12.8. The van der Waals surface area contributed by atoms with Gasteiger partial charge in [0.1, 0.15) is 0 Å². The number of nitrogens with one attached hydrogen (secondary N) is 1. The number of rotatable bonds is 5. The van der Waals surface area contributed by atoms with Crippen LogP contribution in [0.2, 0.25) is 0 Å². The fraction of sp³-hybridized carbons (Fsp3) is 0.471. The predicted octanol–water partition coefficient (Wildman–Crippen LogP) is 3.94. The number of hydrogen-bond donors (Lipinski definition) is 1. The van der Waals surface area contributed by atoms with Gasteiger partial charge in [0.2, 0.25) is 0 Å². The summed E-state index contributed by atoms with van der Waals surface area (Å²) in [6, 6.07) is 8.37. The highest BCUT2D eigenvalue weighted by molar-refractivity contribution is 7.17. The highest BCUT2D eigenvalue weighted by atomic mass is 32.1. The minimum absolute atomic E-state index is 0.252. The molecule has 1 saturated heterocycles. The molecule has 0 bridgehead atoms. The van der Waals surface area contributed by atoms with Gasteiger partial charge in [-0.2, -0.15) is 0 Å². The lowest BCUT2D eigenvalue weighted by Crippen LogP contribution is -2.48. The topological polar surface area (TPSA) is 29.1 Å². The summed E-state index contributed by atoms with van der Waals surface area (Å²) in [5, 5.41) is 6.88. The zero-order valence-corrected chi connectivity index (χ0v) is 12.8. The molecule has 3 rings (SSSR count). The van der Waals surface area contributed by atoms with Crippen LogP contribution in [0.1, 0.15) is 38.2 Å². The Morgan fingerprint density at radius 1 is 1.40 bits per heavy atom. The first kappa shape index (κ1) is 13.8. The maximum Gasteiger partial charge on any atom is 0.157 e. The Morgan fingerprint density at radius 3 is 3.00 bits per heavy atom. The molecule has 2 nitrogen and oxygen atoms in total. The van der Waals surface area contributed by atoms with Crippen LogP contribution in [0.15, 0.2) is 29.6 Å². The molecule has 1 aliphatic rings. The molecule has 1 aliphatic heterocycles. The van der Waals surface area contributed by atoms with E-state index in [2.05, 4.69) is 41.9 Å². The molecule has 3 heteroatoms. The van der Waals surface area contributed by atoms with Crippen LogP contribution < -0.4 is 5.32 Å². The minimum atomic E-state index is -0.252. The van der Waals surface area contributed by atoms with Crippen LogP contribution in [0.4, 0.5) is 0 Å². The molecule has 1 aromatic carbocycles. The molecule has 0 saturated carbocycles. The van der Waals surface area contributed by atoms with Crippen molar-refractivity contribution >= 4 is 27.2 Å². The summed E-state index contributed by atoms with van der Waals surface area (Å²) in [5.41, 5.74) is 0.942. The second-order valence-electron chi connectivity index (χ2n) is 5.72. The lowest BCUT2D eigenvalue weighted by atomic mass is 9.84. The van der Waals surface area contributed by atoms with Crippen LogP contribution in [0.3, 0.4) is 0 Å². The molecule has 1 atom stereocenters. The first-order chi connectivity index (χ1) is 9.75. The second-order valence-corrected chi connectivity index (χ2v) is 6.63. The Labute approximate surface area is 124 Å². The summed E-state index contributed by atoms with van der Waals surface area (Å²) in [7, 11) is 0. The van der Waals surface area contributed by atoms with Crippen molar-refractivity contribution in [3.63, 3.8) is 0 Å². The van der Waals surface area contributed by atoms with E-state index in [0.717, 1.165) is 32.2 Å². The molecule has 0 spiro atoms. The zero-order chi connectivity index (χ0) is 14.0. The van der Waals surface area contributed by atoms with Crippen molar-refractivity contribution in [3.05, 3.63) is 35.2 Å². The van der Waals surface area contributed by atoms with Gasteiger partial charge >= 0.3 is 0 Å². The van der Waals surface area contributed by atoms with Gasteiger partial charge in [0, 0.05) is 11.1 Å². The van der Waals surface area contributed by atoms with Gasteiger partial charge in [0.25, 0.3) is 0 Å². The lowest BCUT2D eigenvalue weighted by molar-refractivity contribution is -0.124. The Morgan fingerprint density at radius 2 is 2.25 bits per heavy atom. The molecule has 0 amide bonds. The number of hydrogen-bond acceptors (Lipinski definition) is 3. The fourth-order valence-electron chi connectivity index (χ4n) is 3.34. The number of Topliss-reactive ketones (excluding diaryl/α,β-unsaturated/α-hetero) is 1. The van der Waals surface area contributed by atoms with E-state index in [4.69, 9.17) is 0 Å². The summed E-state index contributed by atoms with van der Waals surface area (Å²) < 4.78 is 1.28. The second kappa shape index (κ2) is 5.66. The molecule has 106 valence electrons. The highest BCUT2D eigenvalue weighted by Gasteiger charge is 2.39. The molecule has 1 fully saturated rings. The molecule has 1 aromatic heterocycles. The summed E-state index contributed by atoms with van der Waals surface area (Å²) in [6.45, 7) is 3.14. The van der Waals surface area contributed by atoms with E-state index in [1.54, 1.807) is 11.3 Å². The van der Waals surface area contributed by atoms with Crippen molar-refractivity contribution in [2.45, 2.75) is 44.6 Å². The first-order valence-corrected chi connectivity index (χ1v) is 8.36. The van der Waals surface area contributed by atoms with Gasteiger partial charge < -0.3 is 5.32 Å². The molecule has 1 N–H and O–H groups in total. The van der Waals surface area contributed by atoms with Crippen molar-refractivity contribution in [2.75, 3.05) is 6.54 Å². The van der Waals surface area contributed by atoms with Gasteiger partial charge in [0.15, 0.2) is 5.78 Å². The zero-order valence-electron chi connectivity index (χ0n) is 11.9. The number of thiophene rings is 1. The summed E-state index contributed by atoms with van der Waals surface area (Å²) >= 11 is 1.74. The van der Waals surface area contributed by atoms with Crippen LogP contribution in [0.5, 0.6) is 0 Å². The highest BCUT2D eigenvalue weighted by Crippen LogP contribution is 2.31. The lowest BCUT2D eigenvalue weighted by Gasteiger charge is -2.27. The minimum Gasteiger partial charge on any atom is -0.305 e. The average Bonchev–Trinajstić information content (AvgIpc) is 3.08. The maximum absolute atomic E-state index is 12.8. The number of fused-ring (bicyclic) bond motifs is 1. The molecule has 20 heavy (non-hydrogen) atoms. The molecular weight excluding hydrogens is 266 g/mol. The van der Waals surface area contributed by atoms with Gasteiger partial charge in [-0.1, -0.05) is 31.5 Å².